The Morgan fingerprint density at radius 3 is 1.32 bits per heavy atom. The van der Waals surface area contributed by atoms with Gasteiger partial charge in [-0.25, -0.2) is 0 Å². The summed E-state index contributed by atoms with van der Waals surface area (Å²) in [6.07, 6.45) is -12.0. The average molecular weight is 1210 g/mol. The first-order valence-corrected chi connectivity index (χ1v) is 13.6. The summed E-state index contributed by atoms with van der Waals surface area (Å²) in [7, 11) is 0. The van der Waals surface area contributed by atoms with Crippen LogP contribution >= 0.6 is 0 Å². The van der Waals surface area contributed by atoms with Gasteiger partial charge in [-0.15, -0.1) is 0 Å². The number of ether oxygens (including phenoxy) is 3. The molecule has 21 heteroatoms. The zero-order valence-electron chi connectivity index (χ0n) is 21.6. The zero-order valence-corrected chi connectivity index (χ0v) is 30.8. The van der Waals surface area contributed by atoms with E-state index in [0.717, 1.165) is 11.8 Å². The molecule has 262 valence electrons. The molecule has 3 aliphatic heterocycles. The Morgan fingerprint density at radius 2 is 0.927 bits per heavy atom. The van der Waals surface area contributed by atoms with E-state index in [2.05, 4.69) is 25.3 Å². The van der Waals surface area contributed by atoms with Gasteiger partial charge in [-0.05, 0) is 18.1 Å². The number of hydrogen-bond donors (Lipinski definition) is 12. The van der Waals surface area contributed by atoms with Crippen molar-refractivity contribution >= 4 is 37.0 Å². The van der Waals surface area contributed by atoms with Gasteiger partial charge >= 0.3 is 22.4 Å². The van der Waals surface area contributed by atoms with Gasteiger partial charge < -0.3 is 95.5 Å². The largest absolute Gasteiger partial charge is 1.00 e. The fourth-order valence-electron chi connectivity index (χ4n) is 3.46. The smallest absolute Gasteiger partial charge is 0.759 e. The van der Waals surface area contributed by atoms with Crippen LogP contribution in [0.5, 0.6) is 0 Å². The minimum atomic E-state index is -1.35. The third kappa shape index (κ3) is 14.1. The predicted molar refractivity (Wildman–Crippen MR) is 140 cm³/mol. The van der Waals surface area contributed by atoms with Crippen LogP contribution < -0.4 is 0 Å². The van der Waals surface area contributed by atoms with Gasteiger partial charge in [-0.1, -0.05) is 0 Å². The Labute approximate surface area is 300 Å². The predicted octanol–water partition coefficient (Wildman–Crippen LogP) is -8.20. The van der Waals surface area contributed by atoms with E-state index in [1.807, 2.05) is 0 Å². The summed E-state index contributed by atoms with van der Waals surface area (Å²) in [4.78, 5) is 0. The SMILES string of the molecule is C[SH+]C1O[C@H](CO)[C@@H](O)[C@H](O)[C@H]1O.OC[C@H]1OC([S-])[C@H](O)[C@@H](O)[C@@H]1O.OC[C@H]1OC([SH2+])[C@H](O)[C@@H](O)[C@@H]1O.[Au+].[Au].[Au].[CH3-]. The fourth-order valence-corrected chi connectivity index (χ4v) is 4.90. The normalized spacial score (nSPS) is 43.5. The molecule has 0 aromatic heterocycles. The molecule has 0 spiro atoms. The number of thiol groups is 1. The van der Waals surface area contributed by atoms with Gasteiger partial charge in [-0.3, -0.25) is 0 Å². The van der Waals surface area contributed by atoms with Crippen molar-refractivity contribution in [2.75, 3.05) is 26.1 Å². The molecule has 0 amide bonds. The third-order valence-electron chi connectivity index (χ3n) is 5.86. The van der Waals surface area contributed by atoms with E-state index in [1.54, 1.807) is 6.26 Å². The Hall–Kier alpha value is 2.67. The third-order valence-corrected chi connectivity index (χ3v) is 7.67. The molecule has 3 saturated heterocycles. The summed E-state index contributed by atoms with van der Waals surface area (Å²) < 4.78 is 14.9. The molecule has 3 heterocycles. The summed E-state index contributed by atoms with van der Waals surface area (Å²) in [6, 6.07) is 0. The van der Waals surface area contributed by atoms with Gasteiger partial charge in [-0.2, -0.15) is 0 Å². The molecule has 0 aromatic rings. The van der Waals surface area contributed by atoms with Crippen molar-refractivity contribution in [1.82, 2.24) is 0 Å². The molecular formula is C20H42Au3O15S3+. The zero-order chi connectivity index (χ0) is 28.6. The molecular weight excluding hydrogens is 1170 g/mol. The molecule has 0 saturated carbocycles. The van der Waals surface area contributed by atoms with E-state index in [4.69, 9.17) is 44.8 Å². The van der Waals surface area contributed by atoms with E-state index in [1.165, 1.54) is 0 Å². The molecule has 3 aliphatic rings. The number of rotatable bonds is 4. The summed E-state index contributed by atoms with van der Waals surface area (Å²) in [5.41, 5.74) is -2.29. The van der Waals surface area contributed by atoms with Crippen molar-refractivity contribution < 1.29 is 143 Å². The van der Waals surface area contributed by atoms with Crippen LogP contribution in [-0.4, -0.2) is 177 Å². The van der Waals surface area contributed by atoms with Crippen molar-refractivity contribution in [3.8, 4) is 0 Å². The molecule has 41 heavy (non-hydrogen) atoms. The van der Waals surface area contributed by atoms with E-state index in [0.29, 0.717) is 0 Å². The first kappa shape index (κ1) is 50.5. The van der Waals surface area contributed by atoms with Gasteiger partial charge in [0, 0.05) is 56.5 Å². The Balaban J connectivity index is -0.000000239. The summed E-state index contributed by atoms with van der Waals surface area (Å²) >= 11 is 8.39. The summed E-state index contributed by atoms with van der Waals surface area (Å²) in [5, 5.41) is 109. The number of hydrogen-bond acceptors (Lipinski definition) is 16. The quantitative estimate of drug-likeness (QED) is 0.0410. The molecule has 0 aromatic carbocycles. The molecule has 0 aliphatic carbocycles. The van der Waals surface area contributed by atoms with Crippen LogP contribution in [0.3, 0.4) is 0 Å². The van der Waals surface area contributed by atoms with E-state index in [-0.39, 0.29) is 81.2 Å². The van der Waals surface area contributed by atoms with Gasteiger partial charge in [0.05, 0.1) is 32.2 Å². The van der Waals surface area contributed by atoms with Crippen LogP contribution in [0.15, 0.2) is 0 Å². The van der Waals surface area contributed by atoms with E-state index < -0.39 is 103 Å². The Kier molecular flexibility index (Phi) is 30.5. The van der Waals surface area contributed by atoms with Crippen LogP contribution in [0.1, 0.15) is 0 Å². The molecule has 3 rings (SSSR count). The van der Waals surface area contributed by atoms with Crippen LogP contribution in [0, 0.1) is 7.43 Å². The topological polar surface area (TPSA) is 270 Å². The minimum Gasteiger partial charge on any atom is -0.759 e. The maximum absolute atomic E-state index is 9.40. The second-order valence-corrected chi connectivity index (χ2v) is 10.5. The minimum absolute atomic E-state index is 0. The van der Waals surface area contributed by atoms with Crippen LogP contribution in [0.25, 0.3) is 0 Å². The first-order chi connectivity index (χ1) is 17.3. The average Bonchev–Trinajstić information content (AvgIpc) is 2.90. The molecule has 3 fully saturated rings. The second kappa shape index (κ2) is 24.8. The molecule has 15 nitrogen and oxygen atoms in total. The van der Waals surface area contributed by atoms with E-state index in [9.17, 15) is 30.6 Å². The summed E-state index contributed by atoms with van der Waals surface area (Å²) in [6.45, 7) is -1.19. The molecule has 3 unspecified atom stereocenters. The van der Waals surface area contributed by atoms with Gasteiger partial charge in [0.15, 0.2) is 12.2 Å². The van der Waals surface area contributed by atoms with E-state index >= 15 is 0 Å². The van der Waals surface area contributed by atoms with Gasteiger partial charge in [0.25, 0.3) is 0 Å². The van der Waals surface area contributed by atoms with Crippen LogP contribution in [-0.2, 0) is 118 Å². The van der Waals surface area contributed by atoms with Crippen LogP contribution in [0.4, 0.5) is 0 Å². The molecule has 2 radical (unpaired) electrons. The first-order valence-electron chi connectivity index (χ1n) is 11.1. The second-order valence-electron chi connectivity index (χ2n) is 8.42. The molecule has 15 atom stereocenters. The van der Waals surface area contributed by atoms with Gasteiger partial charge in [0.1, 0.15) is 54.9 Å². The fraction of sp³-hybridized carbons (Fsp3) is 0.950. The van der Waals surface area contributed by atoms with Crippen molar-refractivity contribution in [2.45, 2.75) is 89.6 Å². The number of aliphatic hydroxyl groups is 12. The maximum atomic E-state index is 9.40. The standard InChI is InChI=1S/C7H14O5S.2C6H12O5S.CH3.3Au/c1-13-7-6(11)5(10)4(9)3(2-8)12-7;2*7-1-2-3(8)4(9)5(10)6(12)11-2;;;;/h3-11H,2H2,1H3;2*2-10,12H,1H2;1H3;;;/q;;;-1;;;+1/p+1/t3-,4-,5+,6-,7?;2*2-,3-,4+,5-,6?;;;;/m111..../s1. The van der Waals surface area contributed by atoms with Crippen LogP contribution in [0.2, 0.25) is 0 Å². The van der Waals surface area contributed by atoms with Crippen molar-refractivity contribution in [3.05, 3.63) is 7.43 Å². The maximum Gasteiger partial charge on any atom is 1.00 e. The number of aliphatic hydroxyl groups excluding tert-OH is 12. The molecule has 0 bridgehead atoms. The van der Waals surface area contributed by atoms with Gasteiger partial charge in [0.2, 0.25) is 10.9 Å². The molecule has 12 N–H and O–H groups in total. The van der Waals surface area contributed by atoms with Crippen molar-refractivity contribution in [2.24, 2.45) is 0 Å². The summed E-state index contributed by atoms with van der Waals surface area (Å²) in [5.74, 6) is 0. The monoisotopic (exact) mass is 1210 g/mol. The van der Waals surface area contributed by atoms with Crippen molar-refractivity contribution in [1.29, 1.82) is 0 Å². The Morgan fingerprint density at radius 1 is 0.585 bits per heavy atom. The van der Waals surface area contributed by atoms with Crippen molar-refractivity contribution in [3.63, 3.8) is 0 Å². The Bertz CT molecular complexity index is 594.